The van der Waals surface area contributed by atoms with Crippen molar-refractivity contribution in [3.8, 4) is 0 Å². The van der Waals surface area contributed by atoms with Crippen LogP contribution in [-0.4, -0.2) is 29.5 Å². The molecule has 0 radical (unpaired) electrons. The van der Waals surface area contributed by atoms with Crippen LogP contribution >= 0.6 is 0 Å². The van der Waals surface area contributed by atoms with E-state index in [0.717, 1.165) is 47.5 Å². The van der Waals surface area contributed by atoms with E-state index in [1.165, 1.54) is 11.3 Å². The third-order valence-corrected chi connectivity index (χ3v) is 5.03. The number of amides is 1. The summed E-state index contributed by atoms with van der Waals surface area (Å²) in [7, 11) is 2.11. The molecule has 2 heterocycles. The molecule has 1 aliphatic rings. The highest BCUT2D eigenvalue weighted by Gasteiger charge is 2.15. The van der Waals surface area contributed by atoms with Crippen LogP contribution in [0.25, 0.3) is 11.0 Å². The fourth-order valence-corrected chi connectivity index (χ4v) is 3.44. The average Bonchev–Trinajstić information content (AvgIpc) is 2.62. The van der Waals surface area contributed by atoms with Crippen LogP contribution in [0.5, 0.6) is 0 Å². The Bertz CT molecular complexity index is 1010. The first-order valence-electron chi connectivity index (χ1n) is 8.92. The minimum Gasteiger partial charge on any atom is -0.374 e. The van der Waals surface area contributed by atoms with Crippen molar-refractivity contribution >= 4 is 28.3 Å². The number of rotatable bonds is 2. The summed E-state index contributed by atoms with van der Waals surface area (Å²) in [6.45, 7) is 4.95. The number of benzene rings is 2. The average molecular weight is 346 g/mol. The summed E-state index contributed by atoms with van der Waals surface area (Å²) in [6.07, 6.45) is 2.19. The number of aryl methyl sites for hydroxylation is 3. The van der Waals surface area contributed by atoms with Gasteiger partial charge in [0.15, 0.2) is 0 Å². The molecule has 0 aliphatic carbocycles. The molecule has 0 atom stereocenters. The standard InChI is InChI=1S/C21H22N4O/c1-13-14(2)23-19-12-16(6-8-18(19)22-13)21(26)24-17-7-9-20-15(11-17)5-4-10-25(20)3/h6-9,11-12H,4-5,10H2,1-3H3,(H,24,26). The van der Waals surface area contributed by atoms with Gasteiger partial charge in [-0.3, -0.25) is 4.79 Å². The molecule has 0 saturated heterocycles. The zero-order valence-corrected chi connectivity index (χ0v) is 15.3. The van der Waals surface area contributed by atoms with Gasteiger partial charge in [0.1, 0.15) is 0 Å². The molecule has 0 unspecified atom stereocenters. The summed E-state index contributed by atoms with van der Waals surface area (Å²) >= 11 is 0. The zero-order chi connectivity index (χ0) is 18.3. The lowest BCUT2D eigenvalue weighted by atomic mass is 10.0. The van der Waals surface area contributed by atoms with Crippen LogP contribution in [0.15, 0.2) is 36.4 Å². The molecule has 1 aliphatic heterocycles. The normalized spacial score (nSPS) is 13.6. The van der Waals surface area contributed by atoms with Crippen LogP contribution < -0.4 is 10.2 Å². The SMILES string of the molecule is Cc1nc2ccc(C(=O)Nc3ccc4c(c3)CCCN4C)cc2nc1C. The summed E-state index contributed by atoms with van der Waals surface area (Å²) in [5.74, 6) is -0.129. The third-order valence-electron chi connectivity index (χ3n) is 5.03. The number of carbonyl (C=O) groups excluding carboxylic acids is 1. The number of nitrogens with one attached hydrogen (secondary N) is 1. The molecule has 26 heavy (non-hydrogen) atoms. The van der Waals surface area contributed by atoms with Gasteiger partial charge in [0, 0.05) is 30.5 Å². The van der Waals surface area contributed by atoms with Crippen molar-refractivity contribution < 1.29 is 4.79 Å². The first kappa shape index (κ1) is 16.5. The quantitative estimate of drug-likeness (QED) is 0.765. The summed E-state index contributed by atoms with van der Waals surface area (Å²) in [4.78, 5) is 24.0. The Kier molecular flexibility index (Phi) is 4.07. The van der Waals surface area contributed by atoms with Crippen molar-refractivity contribution in [2.75, 3.05) is 23.8 Å². The zero-order valence-electron chi connectivity index (χ0n) is 15.3. The Morgan fingerprint density at radius 2 is 1.81 bits per heavy atom. The molecular formula is C21H22N4O. The van der Waals surface area contributed by atoms with Gasteiger partial charge in [0.2, 0.25) is 0 Å². The second-order valence-electron chi connectivity index (χ2n) is 6.92. The molecule has 0 fully saturated rings. The van der Waals surface area contributed by atoms with Gasteiger partial charge in [-0.1, -0.05) is 0 Å². The van der Waals surface area contributed by atoms with Crippen LogP contribution in [0.4, 0.5) is 11.4 Å². The lowest BCUT2D eigenvalue weighted by Crippen LogP contribution is -2.24. The predicted molar refractivity (Wildman–Crippen MR) is 105 cm³/mol. The first-order chi connectivity index (χ1) is 12.5. The second kappa shape index (κ2) is 6.41. The Morgan fingerprint density at radius 1 is 1.04 bits per heavy atom. The van der Waals surface area contributed by atoms with Crippen molar-refractivity contribution in [3.63, 3.8) is 0 Å². The van der Waals surface area contributed by atoms with Gasteiger partial charge in [-0.2, -0.15) is 0 Å². The predicted octanol–water partition coefficient (Wildman–Crippen LogP) is 3.88. The maximum absolute atomic E-state index is 12.7. The maximum atomic E-state index is 12.7. The Balaban J connectivity index is 1.60. The van der Waals surface area contributed by atoms with Crippen LogP contribution in [-0.2, 0) is 6.42 Å². The fraction of sp³-hybridized carbons (Fsp3) is 0.286. The van der Waals surface area contributed by atoms with Crippen molar-refractivity contribution in [2.24, 2.45) is 0 Å². The van der Waals surface area contributed by atoms with Crippen LogP contribution in [0.2, 0.25) is 0 Å². The molecule has 0 spiro atoms. The number of fused-ring (bicyclic) bond motifs is 2. The van der Waals surface area contributed by atoms with E-state index in [2.05, 4.69) is 39.4 Å². The highest BCUT2D eigenvalue weighted by atomic mass is 16.1. The Morgan fingerprint density at radius 3 is 2.62 bits per heavy atom. The van der Waals surface area contributed by atoms with Gasteiger partial charge in [-0.05, 0) is 68.7 Å². The molecule has 1 N–H and O–H groups in total. The molecule has 4 rings (SSSR count). The molecular weight excluding hydrogens is 324 g/mol. The number of hydrogen-bond acceptors (Lipinski definition) is 4. The van der Waals surface area contributed by atoms with Gasteiger partial charge in [-0.15, -0.1) is 0 Å². The van der Waals surface area contributed by atoms with Crippen molar-refractivity contribution in [1.82, 2.24) is 9.97 Å². The number of hydrogen-bond donors (Lipinski definition) is 1. The molecule has 2 aromatic carbocycles. The molecule has 1 amide bonds. The molecule has 5 heteroatoms. The van der Waals surface area contributed by atoms with E-state index in [-0.39, 0.29) is 5.91 Å². The number of carbonyl (C=O) groups is 1. The highest BCUT2D eigenvalue weighted by Crippen LogP contribution is 2.28. The van der Waals surface area contributed by atoms with Crippen LogP contribution in [0, 0.1) is 13.8 Å². The van der Waals surface area contributed by atoms with E-state index in [1.54, 1.807) is 12.1 Å². The third kappa shape index (κ3) is 3.01. The molecule has 3 aromatic rings. The summed E-state index contributed by atoms with van der Waals surface area (Å²) in [6, 6.07) is 11.6. The molecule has 0 saturated carbocycles. The Labute approximate surface area is 153 Å². The monoisotopic (exact) mass is 346 g/mol. The topological polar surface area (TPSA) is 58.1 Å². The number of anilines is 2. The van der Waals surface area contributed by atoms with Gasteiger partial charge < -0.3 is 10.2 Å². The second-order valence-corrected chi connectivity index (χ2v) is 6.92. The van der Waals surface area contributed by atoms with E-state index in [1.807, 2.05) is 26.0 Å². The van der Waals surface area contributed by atoms with E-state index >= 15 is 0 Å². The molecule has 5 nitrogen and oxygen atoms in total. The highest BCUT2D eigenvalue weighted by molar-refractivity contribution is 6.06. The van der Waals surface area contributed by atoms with Gasteiger partial charge in [0.25, 0.3) is 5.91 Å². The van der Waals surface area contributed by atoms with Crippen molar-refractivity contribution in [1.29, 1.82) is 0 Å². The number of nitrogens with zero attached hydrogens (tertiary/aromatic N) is 3. The summed E-state index contributed by atoms with van der Waals surface area (Å²) in [5.41, 5.74) is 7.30. The van der Waals surface area contributed by atoms with Gasteiger partial charge in [-0.25, -0.2) is 9.97 Å². The van der Waals surface area contributed by atoms with Gasteiger partial charge >= 0.3 is 0 Å². The van der Waals surface area contributed by atoms with E-state index in [0.29, 0.717) is 5.56 Å². The smallest absolute Gasteiger partial charge is 0.255 e. The fourth-order valence-electron chi connectivity index (χ4n) is 3.44. The van der Waals surface area contributed by atoms with E-state index in [9.17, 15) is 4.79 Å². The first-order valence-corrected chi connectivity index (χ1v) is 8.92. The minimum atomic E-state index is -0.129. The van der Waals surface area contributed by atoms with Crippen molar-refractivity contribution in [2.45, 2.75) is 26.7 Å². The lowest BCUT2D eigenvalue weighted by molar-refractivity contribution is 0.102. The Hall–Kier alpha value is -2.95. The van der Waals surface area contributed by atoms with Crippen LogP contribution in [0.1, 0.15) is 33.7 Å². The molecule has 0 bridgehead atoms. The van der Waals surface area contributed by atoms with Crippen molar-refractivity contribution in [3.05, 3.63) is 58.9 Å². The van der Waals surface area contributed by atoms with E-state index in [4.69, 9.17) is 0 Å². The summed E-state index contributed by atoms with van der Waals surface area (Å²) < 4.78 is 0. The lowest BCUT2D eigenvalue weighted by Gasteiger charge is -2.27. The molecule has 1 aromatic heterocycles. The maximum Gasteiger partial charge on any atom is 0.255 e. The number of aromatic nitrogens is 2. The minimum absolute atomic E-state index is 0.129. The van der Waals surface area contributed by atoms with E-state index < -0.39 is 0 Å². The summed E-state index contributed by atoms with van der Waals surface area (Å²) in [5, 5.41) is 3.01. The molecule has 132 valence electrons. The van der Waals surface area contributed by atoms with Crippen LogP contribution in [0.3, 0.4) is 0 Å². The van der Waals surface area contributed by atoms with Gasteiger partial charge in [0.05, 0.1) is 22.4 Å². The largest absolute Gasteiger partial charge is 0.374 e.